The lowest BCUT2D eigenvalue weighted by Gasteiger charge is -2.18. The van der Waals surface area contributed by atoms with Gasteiger partial charge in [0.25, 0.3) is 0 Å². The molecule has 1 fully saturated rings. The Bertz CT molecular complexity index is 949. The number of benzene rings is 2. The molecule has 0 amide bonds. The number of fused-ring (bicyclic) bond motifs is 1. The zero-order valence-corrected chi connectivity index (χ0v) is 15.0. The maximum absolute atomic E-state index is 12.8. The molecule has 0 bridgehead atoms. The highest BCUT2D eigenvalue weighted by atomic mass is 16.5. The second kappa shape index (κ2) is 7.34. The molecular weight excluding hydrogens is 326 g/mol. The third-order valence-corrected chi connectivity index (χ3v) is 4.97. The number of ether oxygens (including phenoxy) is 1. The molecule has 0 saturated carbocycles. The van der Waals surface area contributed by atoms with Crippen molar-refractivity contribution in [2.24, 2.45) is 0 Å². The van der Waals surface area contributed by atoms with Crippen LogP contribution in [0.15, 0.2) is 63.8 Å². The second-order valence-electron chi connectivity index (χ2n) is 6.94. The van der Waals surface area contributed by atoms with E-state index in [1.807, 2.05) is 48.5 Å². The topological polar surface area (TPSA) is 42.7 Å². The molecule has 0 spiro atoms. The van der Waals surface area contributed by atoms with Crippen molar-refractivity contribution in [1.29, 1.82) is 0 Å². The highest BCUT2D eigenvalue weighted by Crippen LogP contribution is 2.29. The Morgan fingerprint density at radius 1 is 1.04 bits per heavy atom. The van der Waals surface area contributed by atoms with E-state index in [4.69, 9.17) is 9.15 Å². The number of hydrogen-bond donors (Lipinski definition) is 0. The first kappa shape index (κ1) is 16.9. The number of hydrogen-bond acceptors (Lipinski definition) is 4. The van der Waals surface area contributed by atoms with E-state index in [-0.39, 0.29) is 11.5 Å². The molecule has 1 unspecified atom stereocenters. The van der Waals surface area contributed by atoms with E-state index >= 15 is 0 Å². The molecule has 1 aliphatic rings. The minimum absolute atomic E-state index is 0.0635. The highest BCUT2D eigenvalue weighted by Gasteiger charge is 2.19. The van der Waals surface area contributed by atoms with Crippen LogP contribution in [0.3, 0.4) is 0 Å². The predicted molar refractivity (Wildman–Crippen MR) is 104 cm³/mol. The molecule has 1 atom stereocenters. The van der Waals surface area contributed by atoms with Crippen molar-refractivity contribution in [1.82, 2.24) is 4.90 Å². The molecule has 3 aromatic rings. The number of rotatable bonds is 3. The van der Waals surface area contributed by atoms with Gasteiger partial charge in [-0.1, -0.05) is 36.4 Å². The Morgan fingerprint density at radius 2 is 1.88 bits per heavy atom. The fraction of sp³-hybridized carbons (Fsp3) is 0.318. The molecular formula is C22H23NO3. The summed E-state index contributed by atoms with van der Waals surface area (Å²) >= 11 is 0. The summed E-state index contributed by atoms with van der Waals surface area (Å²) in [6, 6.07) is 16.8. The number of nitrogens with zero attached hydrogens (tertiary/aromatic N) is 1. The van der Waals surface area contributed by atoms with Gasteiger partial charge in [0.15, 0.2) is 5.43 Å². The molecule has 4 rings (SSSR count). The highest BCUT2D eigenvalue weighted by molar-refractivity contribution is 5.84. The molecule has 4 nitrogen and oxygen atoms in total. The van der Waals surface area contributed by atoms with Gasteiger partial charge in [-0.3, -0.25) is 4.79 Å². The third-order valence-electron chi connectivity index (χ3n) is 4.97. The first-order chi connectivity index (χ1) is 12.7. The van der Waals surface area contributed by atoms with E-state index in [2.05, 4.69) is 11.9 Å². The Kier molecular flexibility index (Phi) is 4.76. The van der Waals surface area contributed by atoms with Gasteiger partial charge in [-0.15, -0.1) is 0 Å². The summed E-state index contributed by atoms with van der Waals surface area (Å²) in [5, 5.41) is 0.532. The van der Waals surface area contributed by atoms with Crippen LogP contribution in [0.2, 0.25) is 0 Å². The SMILES string of the molecule is CN1CCCC(Oc2cccc3oc(-c4ccccc4)cc(=O)c23)CC1. The van der Waals surface area contributed by atoms with E-state index < -0.39 is 0 Å². The molecule has 0 N–H and O–H groups in total. The van der Waals surface area contributed by atoms with Gasteiger partial charge in [-0.2, -0.15) is 0 Å². The fourth-order valence-electron chi connectivity index (χ4n) is 3.53. The zero-order valence-electron chi connectivity index (χ0n) is 15.0. The molecule has 1 aliphatic heterocycles. The molecule has 134 valence electrons. The van der Waals surface area contributed by atoms with Crippen LogP contribution in [-0.2, 0) is 0 Å². The average molecular weight is 349 g/mol. The minimum atomic E-state index is -0.0635. The van der Waals surface area contributed by atoms with Gasteiger partial charge in [-0.25, -0.2) is 0 Å². The van der Waals surface area contributed by atoms with Crippen LogP contribution in [0, 0.1) is 0 Å². The lowest BCUT2D eigenvalue weighted by Crippen LogP contribution is -2.22. The Balaban J connectivity index is 1.69. The van der Waals surface area contributed by atoms with E-state index in [9.17, 15) is 4.79 Å². The fourth-order valence-corrected chi connectivity index (χ4v) is 3.53. The molecule has 4 heteroatoms. The van der Waals surface area contributed by atoms with Crippen molar-refractivity contribution >= 4 is 11.0 Å². The van der Waals surface area contributed by atoms with Gasteiger partial charge in [0.2, 0.25) is 0 Å². The summed E-state index contributed by atoms with van der Waals surface area (Å²) in [5.41, 5.74) is 1.40. The largest absolute Gasteiger partial charge is 0.489 e. The van der Waals surface area contributed by atoms with Crippen LogP contribution in [0.4, 0.5) is 0 Å². The van der Waals surface area contributed by atoms with E-state index in [0.29, 0.717) is 22.5 Å². The van der Waals surface area contributed by atoms with Crippen molar-refractivity contribution in [3.05, 3.63) is 64.8 Å². The standard InChI is InChI=1S/C22H23NO3/c1-23-13-6-9-17(12-14-23)25-19-10-5-11-20-22(19)18(24)15-21(26-20)16-7-3-2-4-8-16/h2-5,7-8,10-11,15,17H,6,9,12-14H2,1H3. The van der Waals surface area contributed by atoms with E-state index in [1.165, 1.54) is 0 Å². The van der Waals surface area contributed by atoms with Crippen LogP contribution in [0.1, 0.15) is 19.3 Å². The van der Waals surface area contributed by atoms with Crippen molar-refractivity contribution in [3.63, 3.8) is 0 Å². The Morgan fingerprint density at radius 3 is 2.73 bits per heavy atom. The molecule has 2 heterocycles. The van der Waals surface area contributed by atoms with Crippen molar-refractivity contribution in [2.45, 2.75) is 25.4 Å². The van der Waals surface area contributed by atoms with Crippen LogP contribution in [0.25, 0.3) is 22.3 Å². The first-order valence-electron chi connectivity index (χ1n) is 9.18. The molecule has 1 saturated heterocycles. The van der Waals surface area contributed by atoms with Gasteiger partial charge >= 0.3 is 0 Å². The van der Waals surface area contributed by atoms with Crippen LogP contribution < -0.4 is 10.2 Å². The average Bonchev–Trinajstić information content (AvgIpc) is 2.86. The smallest absolute Gasteiger partial charge is 0.197 e. The first-order valence-corrected chi connectivity index (χ1v) is 9.18. The summed E-state index contributed by atoms with van der Waals surface area (Å²) in [7, 11) is 2.14. The molecule has 26 heavy (non-hydrogen) atoms. The van der Waals surface area contributed by atoms with Gasteiger partial charge in [0.1, 0.15) is 28.6 Å². The maximum Gasteiger partial charge on any atom is 0.197 e. The Labute approximate surface area is 153 Å². The lowest BCUT2D eigenvalue weighted by molar-refractivity contribution is 0.185. The molecule has 0 radical (unpaired) electrons. The zero-order chi connectivity index (χ0) is 17.9. The van der Waals surface area contributed by atoms with Crippen LogP contribution >= 0.6 is 0 Å². The predicted octanol–water partition coefficient (Wildman–Crippen LogP) is 4.32. The minimum Gasteiger partial charge on any atom is -0.489 e. The van der Waals surface area contributed by atoms with Crippen LogP contribution in [-0.4, -0.2) is 31.1 Å². The van der Waals surface area contributed by atoms with Crippen LogP contribution in [0.5, 0.6) is 5.75 Å². The second-order valence-corrected chi connectivity index (χ2v) is 6.94. The van der Waals surface area contributed by atoms with Gasteiger partial charge in [0.05, 0.1) is 0 Å². The summed E-state index contributed by atoms with van der Waals surface area (Å²) in [4.78, 5) is 15.1. The summed E-state index contributed by atoms with van der Waals surface area (Å²) < 4.78 is 12.2. The summed E-state index contributed by atoms with van der Waals surface area (Å²) in [6.07, 6.45) is 3.23. The maximum atomic E-state index is 12.8. The van der Waals surface area contributed by atoms with E-state index in [1.54, 1.807) is 6.07 Å². The van der Waals surface area contributed by atoms with Crippen molar-refractivity contribution < 1.29 is 9.15 Å². The molecule has 2 aromatic carbocycles. The van der Waals surface area contributed by atoms with Gasteiger partial charge in [0, 0.05) is 18.2 Å². The summed E-state index contributed by atoms with van der Waals surface area (Å²) in [6.45, 7) is 2.11. The molecule has 0 aliphatic carbocycles. The normalized spacial score (nSPS) is 18.6. The lowest BCUT2D eigenvalue weighted by atomic mass is 10.1. The Hall–Kier alpha value is -2.59. The van der Waals surface area contributed by atoms with Crippen molar-refractivity contribution in [2.75, 3.05) is 20.1 Å². The van der Waals surface area contributed by atoms with Gasteiger partial charge in [-0.05, 0) is 45.0 Å². The molecule has 1 aromatic heterocycles. The van der Waals surface area contributed by atoms with Gasteiger partial charge < -0.3 is 14.1 Å². The quantitative estimate of drug-likeness (QED) is 0.706. The monoisotopic (exact) mass is 349 g/mol. The number of likely N-dealkylation sites (tertiary alicyclic amines) is 1. The third kappa shape index (κ3) is 3.51. The van der Waals surface area contributed by atoms with E-state index in [0.717, 1.165) is 37.9 Å². The van der Waals surface area contributed by atoms with Crippen molar-refractivity contribution in [3.8, 4) is 17.1 Å². The summed E-state index contributed by atoms with van der Waals surface area (Å²) in [5.74, 6) is 1.21.